The first-order valence-electron chi connectivity index (χ1n) is 6.29. The highest BCUT2D eigenvalue weighted by Gasteiger charge is 2.19. The van der Waals surface area contributed by atoms with Gasteiger partial charge in [0.15, 0.2) is 5.82 Å². The fourth-order valence-corrected chi connectivity index (χ4v) is 2.37. The van der Waals surface area contributed by atoms with Crippen LogP contribution in [0.5, 0.6) is 0 Å². The Kier molecular flexibility index (Phi) is 3.52. The second-order valence-electron chi connectivity index (χ2n) is 4.52. The molecule has 3 N–H and O–H groups in total. The van der Waals surface area contributed by atoms with Crippen LogP contribution in [-0.4, -0.2) is 15.8 Å². The highest BCUT2D eigenvalue weighted by molar-refractivity contribution is 5.64. The van der Waals surface area contributed by atoms with Gasteiger partial charge in [0.2, 0.25) is 0 Å². The van der Waals surface area contributed by atoms with Gasteiger partial charge in [-0.3, -0.25) is 0 Å². The molecule has 5 nitrogen and oxygen atoms in total. The number of hydrogen-bond donors (Lipinski definition) is 2. The number of nitrogens with zero attached hydrogens (tertiary/aromatic N) is 3. The minimum absolute atomic E-state index is 0.440. The van der Waals surface area contributed by atoms with Crippen LogP contribution in [-0.2, 0) is 6.54 Å². The van der Waals surface area contributed by atoms with Crippen molar-refractivity contribution < 1.29 is 0 Å². The predicted octanol–water partition coefficient (Wildman–Crippen LogP) is 2.10. The van der Waals surface area contributed by atoms with Crippen LogP contribution in [0.1, 0.15) is 44.6 Å². The number of nitrogen functional groups attached to an aromatic ring is 1. The lowest BCUT2D eigenvalue weighted by Gasteiger charge is -2.22. The van der Waals surface area contributed by atoms with Gasteiger partial charge >= 0.3 is 0 Å². The summed E-state index contributed by atoms with van der Waals surface area (Å²) in [5.74, 6) is 1.12. The van der Waals surface area contributed by atoms with Crippen LogP contribution in [0.3, 0.4) is 0 Å². The van der Waals surface area contributed by atoms with Gasteiger partial charge in [0.05, 0.1) is 0 Å². The highest BCUT2D eigenvalue weighted by Crippen LogP contribution is 2.25. The minimum Gasteiger partial charge on any atom is -0.383 e. The zero-order valence-electron chi connectivity index (χ0n) is 10.2. The standard InChI is InChI=1S/C12H19N5/c1-2-17-11(14)10(8-13)12(16-17)15-9-6-4-3-5-7-9/h9H,2-7,14H2,1H3,(H,15,16). The molecule has 0 radical (unpaired) electrons. The maximum absolute atomic E-state index is 9.11. The van der Waals surface area contributed by atoms with Crippen molar-refractivity contribution in [3.05, 3.63) is 5.56 Å². The molecule has 0 amide bonds. The summed E-state index contributed by atoms with van der Waals surface area (Å²) in [6, 6.07) is 2.58. The van der Waals surface area contributed by atoms with E-state index in [2.05, 4.69) is 16.5 Å². The summed E-state index contributed by atoms with van der Waals surface area (Å²) in [5, 5.41) is 16.8. The molecule has 1 aliphatic carbocycles. The predicted molar refractivity (Wildman–Crippen MR) is 67.5 cm³/mol. The molecule has 0 spiro atoms. The van der Waals surface area contributed by atoms with Crippen molar-refractivity contribution in [3.8, 4) is 6.07 Å². The van der Waals surface area contributed by atoms with Gasteiger partial charge in [0, 0.05) is 12.6 Å². The number of nitriles is 1. The van der Waals surface area contributed by atoms with E-state index < -0.39 is 0 Å². The van der Waals surface area contributed by atoms with E-state index in [-0.39, 0.29) is 0 Å². The lowest BCUT2D eigenvalue weighted by Crippen LogP contribution is -2.23. The van der Waals surface area contributed by atoms with Crippen LogP contribution in [0.25, 0.3) is 0 Å². The van der Waals surface area contributed by atoms with Crippen LogP contribution in [0.15, 0.2) is 0 Å². The molecule has 1 aromatic rings. The van der Waals surface area contributed by atoms with Gasteiger partial charge in [-0.2, -0.15) is 10.4 Å². The largest absolute Gasteiger partial charge is 0.383 e. The number of hydrogen-bond acceptors (Lipinski definition) is 4. The lowest BCUT2D eigenvalue weighted by atomic mass is 9.95. The maximum Gasteiger partial charge on any atom is 0.168 e. The van der Waals surface area contributed by atoms with E-state index >= 15 is 0 Å². The van der Waals surface area contributed by atoms with Crippen LogP contribution in [0.4, 0.5) is 11.6 Å². The molecule has 92 valence electrons. The van der Waals surface area contributed by atoms with E-state index in [1.807, 2.05) is 6.92 Å². The van der Waals surface area contributed by atoms with Crippen LogP contribution in [0, 0.1) is 11.3 Å². The van der Waals surface area contributed by atoms with Gasteiger partial charge in [-0.15, -0.1) is 0 Å². The number of nitrogens with two attached hydrogens (primary N) is 1. The fourth-order valence-electron chi connectivity index (χ4n) is 2.37. The lowest BCUT2D eigenvalue weighted by molar-refractivity contribution is 0.461. The first kappa shape index (κ1) is 11.8. The number of anilines is 2. The van der Waals surface area contributed by atoms with Crippen molar-refractivity contribution in [1.29, 1.82) is 5.26 Å². The normalized spacial score (nSPS) is 16.7. The summed E-state index contributed by atoms with van der Waals surface area (Å²) in [6.45, 7) is 2.65. The van der Waals surface area contributed by atoms with Crippen molar-refractivity contribution >= 4 is 11.6 Å². The Morgan fingerprint density at radius 3 is 2.76 bits per heavy atom. The van der Waals surface area contributed by atoms with E-state index in [1.54, 1.807) is 4.68 Å². The zero-order valence-corrected chi connectivity index (χ0v) is 10.2. The van der Waals surface area contributed by atoms with E-state index in [0.29, 0.717) is 29.8 Å². The van der Waals surface area contributed by atoms with Crippen LogP contribution < -0.4 is 11.1 Å². The first-order chi connectivity index (χ1) is 8.26. The van der Waals surface area contributed by atoms with Gasteiger partial charge < -0.3 is 11.1 Å². The summed E-state index contributed by atoms with van der Waals surface area (Å²) in [6.07, 6.45) is 6.13. The smallest absolute Gasteiger partial charge is 0.168 e. The van der Waals surface area contributed by atoms with Crippen molar-refractivity contribution in [2.45, 2.75) is 51.6 Å². The summed E-state index contributed by atoms with van der Waals surface area (Å²) >= 11 is 0. The topological polar surface area (TPSA) is 79.7 Å². The molecule has 1 saturated carbocycles. The van der Waals surface area contributed by atoms with Crippen molar-refractivity contribution in [2.24, 2.45) is 0 Å². The number of aryl methyl sites for hydroxylation is 1. The SMILES string of the molecule is CCn1nc(NC2CCCCC2)c(C#N)c1N. The molecular weight excluding hydrogens is 214 g/mol. The Hall–Kier alpha value is -1.70. The molecule has 2 rings (SSSR count). The Morgan fingerprint density at radius 1 is 1.47 bits per heavy atom. The molecule has 0 unspecified atom stereocenters. The molecule has 0 bridgehead atoms. The summed E-state index contributed by atoms with van der Waals surface area (Å²) in [7, 11) is 0. The second kappa shape index (κ2) is 5.09. The number of aromatic nitrogens is 2. The van der Waals surface area contributed by atoms with Crippen LogP contribution >= 0.6 is 0 Å². The third-order valence-corrected chi connectivity index (χ3v) is 3.35. The quantitative estimate of drug-likeness (QED) is 0.837. The van der Waals surface area contributed by atoms with Gasteiger partial charge in [-0.25, -0.2) is 4.68 Å². The van der Waals surface area contributed by atoms with Gasteiger partial charge in [0.25, 0.3) is 0 Å². The van der Waals surface area contributed by atoms with E-state index in [9.17, 15) is 0 Å². The van der Waals surface area contributed by atoms with Gasteiger partial charge in [0.1, 0.15) is 17.5 Å². The summed E-state index contributed by atoms with van der Waals surface area (Å²) in [5.41, 5.74) is 6.35. The minimum atomic E-state index is 0.440. The molecule has 1 aromatic heterocycles. The van der Waals surface area contributed by atoms with Crippen molar-refractivity contribution in [3.63, 3.8) is 0 Å². The van der Waals surface area contributed by atoms with Gasteiger partial charge in [-0.1, -0.05) is 19.3 Å². The molecule has 1 heterocycles. The van der Waals surface area contributed by atoms with Gasteiger partial charge in [-0.05, 0) is 19.8 Å². The molecule has 0 saturated heterocycles. The molecule has 17 heavy (non-hydrogen) atoms. The molecule has 1 aliphatic rings. The molecule has 0 aliphatic heterocycles. The second-order valence-corrected chi connectivity index (χ2v) is 4.52. The van der Waals surface area contributed by atoms with Crippen molar-refractivity contribution in [2.75, 3.05) is 11.1 Å². The molecular formula is C12H19N5. The summed E-state index contributed by atoms with van der Waals surface area (Å²) < 4.78 is 1.67. The molecule has 0 atom stereocenters. The number of nitrogens with one attached hydrogen (secondary N) is 1. The maximum atomic E-state index is 9.11. The van der Waals surface area contributed by atoms with Crippen LogP contribution in [0.2, 0.25) is 0 Å². The Morgan fingerprint density at radius 2 is 2.18 bits per heavy atom. The van der Waals surface area contributed by atoms with E-state index in [1.165, 1.54) is 19.3 Å². The van der Waals surface area contributed by atoms with E-state index in [0.717, 1.165) is 12.8 Å². The average Bonchev–Trinajstić information content (AvgIpc) is 2.66. The zero-order chi connectivity index (χ0) is 12.3. The molecule has 5 heteroatoms. The third kappa shape index (κ3) is 2.36. The summed E-state index contributed by atoms with van der Waals surface area (Å²) in [4.78, 5) is 0. The number of rotatable bonds is 3. The first-order valence-corrected chi connectivity index (χ1v) is 6.29. The molecule has 1 fully saturated rings. The Balaban J connectivity index is 2.17. The fraction of sp³-hybridized carbons (Fsp3) is 0.667. The van der Waals surface area contributed by atoms with E-state index in [4.69, 9.17) is 11.0 Å². The Labute approximate surface area is 102 Å². The molecule has 0 aromatic carbocycles. The monoisotopic (exact) mass is 233 g/mol. The average molecular weight is 233 g/mol. The highest BCUT2D eigenvalue weighted by atomic mass is 15.3. The third-order valence-electron chi connectivity index (χ3n) is 3.35. The van der Waals surface area contributed by atoms with Crippen molar-refractivity contribution in [1.82, 2.24) is 9.78 Å². The Bertz CT molecular complexity index is 423.